The maximum atomic E-state index is 11.3. The van der Waals surface area contributed by atoms with Crippen molar-refractivity contribution in [3.05, 3.63) is 28.8 Å². The van der Waals surface area contributed by atoms with E-state index in [0.29, 0.717) is 10.8 Å². The molecule has 0 atom stereocenters. The smallest absolute Gasteiger partial charge is 0.153 e. The van der Waals surface area contributed by atoms with Gasteiger partial charge in [-0.15, -0.1) is 0 Å². The Labute approximate surface area is 115 Å². The van der Waals surface area contributed by atoms with Crippen molar-refractivity contribution in [1.82, 2.24) is 0 Å². The molecule has 1 rings (SSSR count). The zero-order valence-corrected chi connectivity index (χ0v) is 12.6. The predicted molar refractivity (Wildman–Crippen MR) is 73.9 cm³/mol. The van der Waals surface area contributed by atoms with Gasteiger partial charge in [-0.3, -0.25) is 0 Å². The molecule has 3 nitrogen and oxygen atoms in total. The Morgan fingerprint density at radius 3 is 2.65 bits per heavy atom. The van der Waals surface area contributed by atoms with Crippen molar-refractivity contribution in [1.29, 1.82) is 0 Å². The summed E-state index contributed by atoms with van der Waals surface area (Å²) < 4.78 is 27.9. The van der Waals surface area contributed by atoms with E-state index in [1.54, 1.807) is 19.1 Å². The summed E-state index contributed by atoms with van der Waals surface area (Å²) in [6, 6.07) is 5.42. The van der Waals surface area contributed by atoms with Gasteiger partial charge in [-0.05, 0) is 17.7 Å². The number of sulfone groups is 1. The van der Waals surface area contributed by atoms with Crippen LogP contribution in [0.25, 0.3) is 0 Å². The van der Waals surface area contributed by atoms with E-state index >= 15 is 0 Å². The Morgan fingerprint density at radius 1 is 1.41 bits per heavy atom. The van der Waals surface area contributed by atoms with Gasteiger partial charge >= 0.3 is 0 Å². The van der Waals surface area contributed by atoms with Gasteiger partial charge in [0.1, 0.15) is 12.4 Å². The summed E-state index contributed by atoms with van der Waals surface area (Å²) in [4.78, 5) is 0. The molecule has 0 saturated carbocycles. The highest BCUT2D eigenvalue weighted by Crippen LogP contribution is 2.26. The van der Waals surface area contributed by atoms with Crippen molar-refractivity contribution in [3.63, 3.8) is 0 Å². The Hall–Kier alpha value is -0.260. The van der Waals surface area contributed by atoms with Crippen LogP contribution in [0, 0.1) is 0 Å². The lowest BCUT2D eigenvalue weighted by Crippen LogP contribution is -2.15. The predicted octanol–water partition coefficient (Wildman–Crippen LogP) is 3.05. The number of rotatable bonds is 6. The van der Waals surface area contributed by atoms with Gasteiger partial charge in [0.25, 0.3) is 0 Å². The minimum atomic E-state index is -2.99. The minimum absolute atomic E-state index is 0.0139. The van der Waals surface area contributed by atoms with Crippen molar-refractivity contribution >= 4 is 37.4 Å². The molecule has 0 aromatic heterocycles. The number of halogens is 2. The summed E-state index contributed by atoms with van der Waals surface area (Å²) in [5.74, 6) is 0.662. The van der Waals surface area contributed by atoms with Gasteiger partial charge in [0.2, 0.25) is 0 Å². The Bertz CT molecular complexity index is 474. The molecule has 17 heavy (non-hydrogen) atoms. The first-order chi connectivity index (χ1) is 7.98. The fraction of sp³-hybridized carbons (Fsp3) is 0.455. The van der Waals surface area contributed by atoms with E-state index < -0.39 is 9.84 Å². The molecule has 0 spiro atoms. The lowest BCUT2D eigenvalue weighted by atomic mass is 10.2. The molecule has 0 radical (unpaired) electrons. The molecule has 96 valence electrons. The number of hydrogen-bond acceptors (Lipinski definition) is 3. The van der Waals surface area contributed by atoms with Gasteiger partial charge in [-0.25, -0.2) is 8.42 Å². The minimum Gasteiger partial charge on any atom is -0.491 e. The van der Waals surface area contributed by atoms with Crippen molar-refractivity contribution in [2.45, 2.75) is 12.3 Å². The third-order valence-electron chi connectivity index (χ3n) is 2.24. The lowest BCUT2D eigenvalue weighted by Gasteiger charge is -2.08. The van der Waals surface area contributed by atoms with Crippen LogP contribution >= 0.6 is 27.5 Å². The van der Waals surface area contributed by atoms with Crippen LogP contribution in [0.2, 0.25) is 5.02 Å². The van der Waals surface area contributed by atoms with Crippen molar-refractivity contribution in [2.24, 2.45) is 0 Å². The molecule has 1 aromatic carbocycles. The molecular formula is C11H14BrClO3S. The van der Waals surface area contributed by atoms with Crippen molar-refractivity contribution in [2.75, 3.05) is 18.1 Å². The molecule has 1 aromatic rings. The van der Waals surface area contributed by atoms with Crippen LogP contribution in [0.15, 0.2) is 18.2 Å². The van der Waals surface area contributed by atoms with E-state index in [2.05, 4.69) is 15.9 Å². The first-order valence-corrected chi connectivity index (χ1v) is 8.48. The van der Waals surface area contributed by atoms with Crippen LogP contribution in [0.1, 0.15) is 12.5 Å². The van der Waals surface area contributed by atoms with Crippen LogP contribution in [0.4, 0.5) is 0 Å². The van der Waals surface area contributed by atoms with E-state index in [1.807, 2.05) is 6.07 Å². The molecular weight excluding hydrogens is 328 g/mol. The van der Waals surface area contributed by atoms with Crippen LogP contribution < -0.4 is 4.74 Å². The Kier molecular flexibility index (Phi) is 5.76. The average molecular weight is 342 g/mol. The van der Waals surface area contributed by atoms with Crippen LogP contribution in [-0.2, 0) is 15.2 Å². The molecule has 0 saturated heterocycles. The molecule has 0 N–H and O–H groups in total. The summed E-state index contributed by atoms with van der Waals surface area (Å²) >= 11 is 9.32. The van der Waals surface area contributed by atoms with E-state index in [0.717, 1.165) is 10.9 Å². The number of alkyl halides is 1. The second kappa shape index (κ2) is 6.61. The van der Waals surface area contributed by atoms with Crippen molar-refractivity contribution in [3.8, 4) is 5.75 Å². The van der Waals surface area contributed by atoms with Gasteiger partial charge in [-0.2, -0.15) is 0 Å². The standard InChI is InChI=1S/C11H14BrClO3S/c1-2-17(14,15)6-5-16-11-4-3-9(8-12)7-10(11)13/h3-4,7H,2,5-6,8H2,1H3. The van der Waals surface area contributed by atoms with Crippen LogP contribution in [0.5, 0.6) is 5.75 Å². The monoisotopic (exact) mass is 340 g/mol. The highest BCUT2D eigenvalue weighted by Gasteiger charge is 2.08. The average Bonchev–Trinajstić information content (AvgIpc) is 2.31. The lowest BCUT2D eigenvalue weighted by molar-refractivity contribution is 0.341. The molecule has 6 heteroatoms. The maximum Gasteiger partial charge on any atom is 0.153 e. The summed E-state index contributed by atoms with van der Waals surface area (Å²) in [6.45, 7) is 1.75. The van der Waals surface area contributed by atoms with Gasteiger partial charge in [0.05, 0.1) is 10.8 Å². The van der Waals surface area contributed by atoms with Gasteiger partial charge in [0.15, 0.2) is 9.84 Å². The van der Waals surface area contributed by atoms with E-state index in [-0.39, 0.29) is 18.1 Å². The van der Waals surface area contributed by atoms with Gasteiger partial charge < -0.3 is 4.74 Å². The molecule has 0 amide bonds. The molecule has 0 bridgehead atoms. The fourth-order valence-corrected chi connectivity index (χ4v) is 2.40. The van der Waals surface area contributed by atoms with E-state index in [1.165, 1.54) is 0 Å². The van der Waals surface area contributed by atoms with E-state index in [9.17, 15) is 8.42 Å². The molecule has 0 unspecified atom stereocenters. The number of benzene rings is 1. The highest BCUT2D eigenvalue weighted by atomic mass is 79.9. The highest BCUT2D eigenvalue weighted by molar-refractivity contribution is 9.08. The third-order valence-corrected chi connectivity index (χ3v) is 4.85. The summed E-state index contributed by atoms with van der Waals surface area (Å²) in [6.07, 6.45) is 0. The zero-order valence-electron chi connectivity index (χ0n) is 9.45. The summed E-state index contributed by atoms with van der Waals surface area (Å²) in [7, 11) is -2.99. The van der Waals surface area contributed by atoms with E-state index in [4.69, 9.17) is 16.3 Å². The largest absolute Gasteiger partial charge is 0.491 e. The molecule has 0 fully saturated rings. The summed E-state index contributed by atoms with van der Waals surface area (Å²) in [5.41, 5.74) is 1.04. The Balaban J connectivity index is 2.58. The normalized spacial score (nSPS) is 11.5. The molecule has 0 aliphatic rings. The SMILES string of the molecule is CCS(=O)(=O)CCOc1ccc(CBr)cc1Cl. The molecule has 0 aliphatic heterocycles. The zero-order chi connectivity index (χ0) is 12.9. The summed E-state index contributed by atoms with van der Waals surface area (Å²) in [5, 5.41) is 1.22. The van der Waals surface area contributed by atoms with Gasteiger partial charge in [0, 0.05) is 11.1 Å². The number of hydrogen-bond donors (Lipinski definition) is 0. The van der Waals surface area contributed by atoms with Crippen LogP contribution in [0.3, 0.4) is 0 Å². The quantitative estimate of drug-likeness (QED) is 0.747. The fourth-order valence-electron chi connectivity index (χ4n) is 1.17. The Morgan fingerprint density at radius 2 is 2.12 bits per heavy atom. The topological polar surface area (TPSA) is 43.4 Å². The number of ether oxygens (including phenoxy) is 1. The first kappa shape index (κ1) is 14.8. The first-order valence-electron chi connectivity index (χ1n) is 5.16. The van der Waals surface area contributed by atoms with Gasteiger partial charge in [-0.1, -0.05) is 40.5 Å². The van der Waals surface area contributed by atoms with Crippen LogP contribution in [-0.4, -0.2) is 26.5 Å². The molecule has 0 aliphatic carbocycles. The second-order valence-electron chi connectivity index (χ2n) is 3.48. The second-order valence-corrected chi connectivity index (χ2v) is 6.92. The maximum absolute atomic E-state index is 11.3. The molecule has 0 heterocycles. The third kappa shape index (κ3) is 4.85. The van der Waals surface area contributed by atoms with Crippen molar-refractivity contribution < 1.29 is 13.2 Å².